The van der Waals surface area contributed by atoms with E-state index in [4.69, 9.17) is 0 Å². The lowest BCUT2D eigenvalue weighted by Gasteiger charge is -2.24. The zero-order valence-corrected chi connectivity index (χ0v) is 7.80. The molecule has 2 heterocycles. The normalized spacial score (nSPS) is 16.9. The molecule has 0 saturated heterocycles. The molecule has 0 N–H and O–H groups in total. The van der Waals surface area contributed by atoms with Gasteiger partial charge >= 0.3 is 6.85 Å². The Labute approximate surface area is 83.5 Å². The highest BCUT2D eigenvalue weighted by Gasteiger charge is 2.17. The quantitative estimate of drug-likeness (QED) is 0.529. The monoisotopic (exact) mass is 179 g/mol. The van der Waals surface area contributed by atoms with Crippen LogP contribution in [0.3, 0.4) is 0 Å². The van der Waals surface area contributed by atoms with Gasteiger partial charge in [0, 0.05) is 0 Å². The molecule has 0 unspecified atom stereocenters. The summed E-state index contributed by atoms with van der Waals surface area (Å²) in [4.78, 5) is 2.22. The van der Waals surface area contributed by atoms with E-state index < -0.39 is 0 Å². The van der Waals surface area contributed by atoms with E-state index in [0.717, 1.165) is 0 Å². The zero-order valence-electron chi connectivity index (χ0n) is 7.80. The molecular formula is C12H10BN. The second kappa shape index (κ2) is 2.91. The highest BCUT2D eigenvalue weighted by Crippen LogP contribution is 2.07. The lowest BCUT2D eigenvalue weighted by Crippen LogP contribution is -2.41. The third-order valence-electron chi connectivity index (χ3n) is 2.66. The number of fused-ring (bicyclic) bond motifs is 2. The average Bonchev–Trinajstić information content (AvgIpc) is 2.26. The second-order valence-electron chi connectivity index (χ2n) is 3.59. The van der Waals surface area contributed by atoms with Gasteiger partial charge in [-0.1, -0.05) is 42.3 Å². The van der Waals surface area contributed by atoms with Crippen LogP contribution in [0, 0.1) is 0 Å². The summed E-state index contributed by atoms with van der Waals surface area (Å²) in [6, 6.07) is 8.47. The second-order valence-corrected chi connectivity index (χ2v) is 3.59. The van der Waals surface area contributed by atoms with Gasteiger partial charge in [-0.2, -0.15) is 0 Å². The summed E-state index contributed by atoms with van der Waals surface area (Å²) in [5, 5.41) is 2.62. The molecule has 0 radical (unpaired) electrons. The first-order chi connectivity index (χ1) is 6.93. The summed E-state index contributed by atoms with van der Waals surface area (Å²) >= 11 is 0. The summed E-state index contributed by atoms with van der Waals surface area (Å²) in [6.07, 6.45) is 8.46. The van der Waals surface area contributed by atoms with E-state index in [2.05, 4.69) is 65.6 Å². The largest absolute Gasteiger partial charge is 0.389 e. The van der Waals surface area contributed by atoms with Crippen LogP contribution < -0.4 is 10.4 Å². The van der Waals surface area contributed by atoms with Crippen LogP contribution in [0.2, 0.25) is 0 Å². The fraction of sp³-hybridized carbons (Fsp3) is 0. The summed E-state index contributed by atoms with van der Waals surface area (Å²) < 4.78 is 0. The third kappa shape index (κ3) is 1.11. The Morgan fingerprint density at radius 1 is 1.00 bits per heavy atom. The van der Waals surface area contributed by atoms with E-state index in [1.807, 2.05) is 0 Å². The Bertz CT molecular complexity index is 478. The molecule has 0 bridgehead atoms. The van der Waals surface area contributed by atoms with Crippen LogP contribution in [-0.4, -0.2) is 11.7 Å². The fourth-order valence-electron chi connectivity index (χ4n) is 1.92. The van der Waals surface area contributed by atoms with Gasteiger partial charge in [-0.3, -0.25) is 0 Å². The zero-order chi connectivity index (χ0) is 9.38. The minimum atomic E-state index is 0.398. The maximum absolute atomic E-state index is 2.29. The Morgan fingerprint density at radius 3 is 2.79 bits per heavy atom. The Morgan fingerprint density at radius 2 is 1.86 bits per heavy atom. The molecule has 66 valence electrons. The molecule has 0 fully saturated rings. The Hall–Kier alpha value is -1.70. The van der Waals surface area contributed by atoms with Crippen LogP contribution in [0.1, 0.15) is 0 Å². The molecule has 0 saturated carbocycles. The van der Waals surface area contributed by atoms with E-state index in [-0.39, 0.29) is 0 Å². The fourth-order valence-corrected chi connectivity index (χ4v) is 1.92. The number of allylic oxidation sites excluding steroid dienone is 2. The van der Waals surface area contributed by atoms with Crippen molar-refractivity contribution in [3.63, 3.8) is 0 Å². The van der Waals surface area contributed by atoms with Crippen molar-refractivity contribution in [2.24, 2.45) is 0 Å². The molecule has 1 aromatic carbocycles. The SMILES string of the molecule is C1=CB2C=c3ccccc3=CN2C=C1. The molecule has 2 aliphatic heterocycles. The lowest BCUT2D eigenvalue weighted by molar-refractivity contribution is 0.857. The summed E-state index contributed by atoms with van der Waals surface area (Å²) in [7, 11) is 0. The molecule has 0 aromatic heterocycles. The number of nitrogens with zero attached hydrogens (tertiary/aromatic N) is 1. The van der Waals surface area contributed by atoms with Gasteiger partial charge in [-0.05, 0) is 28.9 Å². The summed E-state index contributed by atoms with van der Waals surface area (Å²) in [6.45, 7) is 0.398. The van der Waals surface area contributed by atoms with E-state index in [9.17, 15) is 0 Å². The Kier molecular flexibility index (Phi) is 1.60. The first-order valence-electron chi connectivity index (χ1n) is 4.85. The van der Waals surface area contributed by atoms with Crippen LogP contribution in [0.25, 0.3) is 12.2 Å². The molecular weight excluding hydrogens is 169 g/mol. The standard InChI is InChI=1S/C12H10BN/c1-2-6-12-10-14-8-4-3-7-13(14)9-11(12)5-1/h1-10H. The molecule has 14 heavy (non-hydrogen) atoms. The van der Waals surface area contributed by atoms with E-state index in [0.29, 0.717) is 6.85 Å². The Balaban J connectivity index is 2.26. The topological polar surface area (TPSA) is 3.24 Å². The van der Waals surface area contributed by atoms with Gasteiger partial charge in [0.2, 0.25) is 0 Å². The van der Waals surface area contributed by atoms with Gasteiger partial charge in [0.05, 0.1) is 0 Å². The first-order valence-corrected chi connectivity index (χ1v) is 4.85. The van der Waals surface area contributed by atoms with Crippen molar-refractivity contribution in [1.29, 1.82) is 0 Å². The molecule has 1 aromatic rings. The minimum Gasteiger partial charge on any atom is -0.389 e. The molecule has 1 nitrogen and oxygen atoms in total. The van der Waals surface area contributed by atoms with Crippen molar-refractivity contribution in [3.05, 3.63) is 59.0 Å². The number of hydrogen-bond donors (Lipinski definition) is 0. The van der Waals surface area contributed by atoms with E-state index in [1.54, 1.807) is 0 Å². The first kappa shape index (κ1) is 7.68. The van der Waals surface area contributed by atoms with Crippen molar-refractivity contribution in [3.8, 4) is 0 Å². The maximum Gasteiger partial charge on any atom is 0.312 e. The molecule has 0 aliphatic carbocycles. The predicted octanol–water partition coefficient (Wildman–Crippen LogP) is 0.674. The summed E-state index contributed by atoms with van der Waals surface area (Å²) in [5.74, 6) is 4.49. The third-order valence-corrected chi connectivity index (χ3v) is 2.66. The summed E-state index contributed by atoms with van der Waals surface area (Å²) in [5.41, 5.74) is 0. The molecule has 2 aliphatic rings. The van der Waals surface area contributed by atoms with Crippen LogP contribution in [-0.2, 0) is 0 Å². The highest BCUT2D eigenvalue weighted by atomic mass is 15.0. The number of benzene rings is 1. The van der Waals surface area contributed by atoms with Crippen molar-refractivity contribution >= 4 is 19.0 Å². The van der Waals surface area contributed by atoms with Crippen LogP contribution in [0.5, 0.6) is 0 Å². The number of hydrogen-bond acceptors (Lipinski definition) is 1. The number of rotatable bonds is 0. The van der Waals surface area contributed by atoms with Crippen molar-refractivity contribution < 1.29 is 0 Å². The van der Waals surface area contributed by atoms with Gasteiger partial charge in [0.15, 0.2) is 0 Å². The molecule has 3 rings (SSSR count). The smallest absolute Gasteiger partial charge is 0.312 e. The average molecular weight is 179 g/mol. The molecule has 2 heteroatoms. The lowest BCUT2D eigenvalue weighted by atomic mass is 9.58. The molecule has 0 amide bonds. The maximum atomic E-state index is 2.29. The van der Waals surface area contributed by atoms with E-state index >= 15 is 0 Å². The van der Waals surface area contributed by atoms with Crippen LogP contribution >= 0.6 is 0 Å². The molecule has 0 spiro atoms. The van der Waals surface area contributed by atoms with Gasteiger partial charge in [-0.15, -0.1) is 0 Å². The van der Waals surface area contributed by atoms with Gasteiger partial charge in [-0.25, -0.2) is 0 Å². The van der Waals surface area contributed by atoms with E-state index in [1.165, 1.54) is 10.4 Å². The van der Waals surface area contributed by atoms with Gasteiger partial charge < -0.3 is 4.81 Å². The van der Waals surface area contributed by atoms with Crippen LogP contribution in [0.4, 0.5) is 0 Å². The van der Waals surface area contributed by atoms with Crippen molar-refractivity contribution in [2.75, 3.05) is 0 Å². The van der Waals surface area contributed by atoms with Crippen LogP contribution in [0.15, 0.2) is 48.6 Å². The highest BCUT2D eigenvalue weighted by molar-refractivity contribution is 6.76. The van der Waals surface area contributed by atoms with Crippen molar-refractivity contribution in [2.45, 2.75) is 0 Å². The van der Waals surface area contributed by atoms with Gasteiger partial charge in [0.25, 0.3) is 0 Å². The van der Waals surface area contributed by atoms with Gasteiger partial charge in [0.1, 0.15) is 0 Å². The molecule has 0 atom stereocenters. The predicted molar refractivity (Wildman–Crippen MR) is 60.5 cm³/mol. The van der Waals surface area contributed by atoms with Crippen molar-refractivity contribution in [1.82, 2.24) is 4.81 Å². The minimum absolute atomic E-state index is 0.398.